The van der Waals surface area contributed by atoms with Gasteiger partial charge in [-0.05, 0) is 35.9 Å². The molecule has 1 amide bonds. The van der Waals surface area contributed by atoms with Gasteiger partial charge in [-0.3, -0.25) is 4.79 Å². The number of methoxy groups -OCH3 is 1. The number of rotatable bonds is 5. The molecule has 0 aromatic heterocycles. The molecule has 0 spiro atoms. The summed E-state index contributed by atoms with van der Waals surface area (Å²) in [6.07, 6.45) is 0. The van der Waals surface area contributed by atoms with Crippen LogP contribution in [-0.2, 0) is 6.54 Å². The largest absolute Gasteiger partial charge is 0.507 e. The van der Waals surface area contributed by atoms with Gasteiger partial charge in [0.1, 0.15) is 11.5 Å². The number of hydrogen-bond acceptors (Lipinski definition) is 3. The van der Waals surface area contributed by atoms with Crippen LogP contribution in [0.15, 0.2) is 66.7 Å². The Morgan fingerprint density at radius 1 is 1.00 bits per heavy atom. The minimum Gasteiger partial charge on any atom is -0.507 e. The fourth-order valence-corrected chi connectivity index (χ4v) is 2.65. The quantitative estimate of drug-likeness (QED) is 0.719. The molecule has 0 saturated heterocycles. The van der Waals surface area contributed by atoms with E-state index in [1.165, 1.54) is 4.90 Å². The minimum atomic E-state index is -1.22. The third kappa shape index (κ3) is 4.06. The van der Waals surface area contributed by atoms with Crippen LogP contribution >= 0.6 is 0 Å². The van der Waals surface area contributed by atoms with Crippen LogP contribution in [0.25, 0.3) is 0 Å². The summed E-state index contributed by atoms with van der Waals surface area (Å²) in [5.74, 6) is -3.00. The fourth-order valence-electron chi connectivity index (χ4n) is 2.65. The predicted octanol–water partition coefficient (Wildman–Crippen LogP) is 4.53. The highest BCUT2D eigenvalue weighted by Crippen LogP contribution is 2.26. The number of aromatic hydroxyl groups is 1. The first-order valence-corrected chi connectivity index (χ1v) is 8.17. The zero-order chi connectivity index (χ0) is 19.4. The third-order valence-electron chi connectivity index (χ3n) is 4.08. The lowest BCUT2D eigenvalue weighted by molar-refractivity contribution is 0.0982. The molecule has 0 atom stereocenters. The van der Waals surface area contributed by atoms with Gasteiger partial charge in [0.05, 0.1) is 19.2 Å². The molecule has 3 aromatic carbocycles. The molecule has 27 heavy (non-hydrogen) atoms. The van der Waals surface area contributed by atoms with E-state index in [2.05, 4.69) is 0 Å². The number of amides is 1. The van der Waals surface area contributed by atoms with Crippen molar-refractivity contribution in [1.29, 1.82) is 0 Å². The molecule has 0 unspecified atom stereocenters. The van der Waals surface area contributed by atoms with E-state index in [0.29, 0.717) is 23.6 Å². The molecule has 0 bridgehead atoms. The lowest BCUT2D eigenvalue weighted by Crippen LogP contribution is -2.30. The van der Waals surface area contributed by atoms with Crippen molar-refractivity contribution >= 4 is 11.6 Å². The summed E-state index contributed by atoms with van der Waals surface area (Å²) < 4.78 is 32.0. The zero-order valence-corrected chi connectivity index (χ0v) is 14.5. The van der Waals surface area contributed by atoms with E-state index in [-0.39, 0.29) is 12.1 Å². The summed E-state index contributed by atoms with van der Waals surface area (Å²) in [4.78, 5) is 14.4. The number of anilines is 1. The van der Waals surface area contributed by atoms with Crippen LogP contribution in [0.4, 0.5) is 14.5 Å². The van der Waals surface area contributed by atoms with Gasteiger partial charge in [0.15, 0.2) is 11.6 Å². The number of benzene rings is 3. The number of phenolic OH excluding ortho intramolecular Hbond substituents is 1. The third-order valence-corrected chi connectivity index (χ3v) is 4.08. The highest BCUT2D eigenvalue weighted by atomic mass is 19.2. The number of para-hydroxylation sites is 1. The van der Waals surface area contributed by atoms with Crippen molar-refractivity contribution in [3.63, 3.8) is 0 Å². The average Bonchev–Trinajstić information content (AvgIpc) is 2.69. The normalized spacial score (nSPS) is 10.5. The average molecular weight is 369 g/mol. The Bertz CT molecular complexity index is 944. The Hall–Kier alpha value is -3.41. The monoisotopic (exact) mass is 369 g/mol. The summed E-state index contributed by atoms with van der Waals surface area (Å²) in [6, 6.07) is 17.2. The molecule has 6 heteroatoms. The van der Waals surface area contributed by atoms with Crippen molar-refractivity contribution in [3.8, 4) is 11.5 Å². The Morgan fingerprint density at radius 3 is 2.26 bits per heavy atom. The standard InChI is InChI=1S/C21H17F2NO3/c1-27-16-9-7-14(8-10-16)13-24(15-5-3-2-4-6-15)21(26)17-11-18(22)19(23)12-20(17)25/h2-12,25H,13H2,1H3. The van der Waals surface area contributed by atoms with E-state index < -0.39 is 23.3 Å². The van der Waals surface area contributed by atoms with E-state index in [1.807, 2.05) is 0 Å². The molecule has 3 aromatic rings. The van der Waals surface area contributed by atoms with Crippen molar-refractivity contribution in [2.45, 2.75) is 6.54 Å². The molecule has 1 N–H and O–H groups in total. The number of halogens is 2. The van der Waals surface area contributed by atoms with Crippen LogP contribution in [0, 0.1) is 11.6 Å². The molecule has 0 aliphatic rings. The second kappa shape index (κ2) is 7.86. The van der Waals surface area contributed by atoms with Crippen molar-refractivity contribution < 1.29 is 23.4 Å². The minimum absolute atomic E-state index is 0.172. The Kier molecular flexibility index (Phi) is 5.35. The number of ether oxygens (including phenoxy) is 1. The van der Waals surface area contributed by atoms with E-state index in [4.69, 9.17) is 4.74 Å². The number of phenols is 1. The lowest BCUT2D eigenvalue weighted by Gasteiger charge is -2.23. The van der Waals surface area contributed by atoms with Gasteiger partial charge in [-0.15, -0.1) is 0 Å². The number of nitrogens with zero attached hydrogens (tertiary/aromatic N) is 1. The Balaban J connectivity index is 1.99. The zero-order valence-electron chi connectivity index (χ0n) is 14.5. The van der Waals surface area contributed by atoms with Crippen molar-refractivity contribution in [3.05, 3.63) is 89.5 Å². The Labute approximate surface area is 155 Å². The van der Waals surface area contributed by atoms with E-state index in [0.717, 1.165) is 5.56 Å². The summed E-state index contributed by atoms with van der Waals surface area (Å²) in [5.41, 5.74) is 1.05. The van der Waals surface area contributed by atoms with Crippen molar-refractivity contribution in [2.24, 2.45) is 0 Å². The van der Waals surface area contributed by atoms with Crippen LogP contribution in [0.5, 0.6) is 11.5 Å². The van der Waals surface area contributed by atoms with E-state index in [1.54, 1.807) is 61.7 Å². The topological polar surface area (TPSA) is 49.8 Å². The predicted molar refractivity (Wildman–Crippen MR) is 98.0 cm³/mol. The highest BCUT2D eigenvalue weighted by molar-refractivity contribution is 6.07. The number of hydrogen-bond donors (Lipinski definition) is 1. The Morgan fingerprint density at radius 2 is 1.63 bits per heavy atom. The maximum absolute atomic E-state index is 13.6. The molecule has 0 fully saturated rings. The van der Waals surface area contributed by atoms with Gasteiger partial charge in [0.2, 0.25) is 0 Å². The van der Waals surface area contributed by atoms with Crippen molar-refractivity contribution in [1.82, 2.24) is 0 Å². The molecule has 0 aliphatic carbocycles. The first kappa shape index (κ1) is 18.4. The maximum Gasteiger partial charge on any atom is 0.262 e. The molecule has 0 saturated carbocycles. The molecule has 0 radical (unpaired) electrons. The smallest absolute Gasteiger partial charge is 0.262 e. The second-order valence-electron chi connectivity index (χ2n) is 5.86. The van der Waals surface area contributed by atoms with Gasteiger partial charge in [-0.1, -0.05) is 30.3 Å². The highest BCUT2D eigenvalue weighted by Gasteiger charge is 2.23. The summed E-state index contributed by atoms with van der Waals surface area (Å²) in [7, 11) is 1.56. The van der Waals surface area contributed by atoms with Crippen LogP contribution < -0.4 is 9.64 Å². The summed E-state index contributed by atoms with van der Waals surface area (Å²) >= 11 is 0. The van der Waals surface area contributed by atoms with Gasteiger partial charge in [-0.2, -0.15) is 0 Å². The van der Waals surface area contributed by atoms with Crippen LogP contribution in [0.3, 0.4) is 0 Å². The van der Waals surface area contributed by atoms with Gasteiger partial charge >= 0.3 is 0 Å². The molecular formula is C21H17F2NO3. The molecular weight excluding hydrogens is 352 g/mol. The number of carbonyl (C=O) groups excluding carboxylic acids is 1. The SMILES string of the molecule is COc1ccc(CN(C(=O)c2cc(F)c(F)cc2O)c2ccccc2)cc1. The molecule has 3 rings (SSSR count). The molecule has 4 nitrogen and oxygen atoms in total. The second-order valence-corrected chi connectivity index (χ2v) is 5.86. The maximum atomic E-state index is 13.6. The number of carbonyl (C=O) groups is 1. The van der Waals surface area contributed by atoms with E-state index in [9.17, 15) is 18.7 Å². The lowest BCUT2D eigenvalue weighted by atomic mass is 10.1. The molecule has 0 heterocycles. The molecule has 0 aliphatic heterocycles. The first-order valence-electron chi connectivity index (χ1n) is 8.17. The first-order chi connectivity index (χ1) is 13.0. The van der Waals surface area contributed by atoms with Gasteiger partial charge in [0, 0.05) is 11.8 Å². The van der Waals surface area contributed by atoms with Crippen LogP contribution in [-0.4, -0.2) is 18.1 Å². The summed E-state index contributed by atoms with van der Waals surface area (Å²) in [6.45, 7) is 0.172. The van der Waals surface area contributed by atoms with Crippen LogP contribution in [0.1, 0.15) is 15.9 Å². The van der Waals surface area contributed by atoms with E-state index >= 15 is 0 Å². The van der Waals surface area contributed by atoms with Crippen LogP contribution in [0.2, 0.25) is 0 Å². The van der Waals surface area contributed by atoms with Gasteiger partial charge in [-0.25, -0.2) is 8.78 Å². The van der Waals surface area contributed by atoms with Gasteiger partial charge < -0.3 is 14.7 Å². The van der Waals surface area contributed by atoms with Gasteiger partial charge in [0.25, 0.3) is 5.91 Å². The fraction of sp³-hybridized carbons (Fsp3) is 0.0952. The molecule has 138 valence electrons. The summed E-state index contributed by atoms with van der Waals surface area (Å²) in [5, 5.41) is 9.95. The van der Waals surface area contributed by atoms with Crippen molar-refractivity contribution in [2.75, 3.05) is 12.0 Å².